The molecule has 6 aromatic rings. The number of halogens is 1. The molecule has 5 heterocycles. The van der Waals surface area contributed by atoms with E-state index in [0.29, 0.717) is 44.9 Å². The van der Waals surface area contributed by atoms with Gasteiger partial charge in [0.1, 0.15) is 16.8 Å². The van der Waals surface area contributed by atoms with Crippen LogP contribution in [0, 0.1) is 11.7 Å². The van der Waals surface area contributed by atoms with Crippen LogP contribution in [-0.2, 0) is 14.6 Å². The molecule has 1 atom stereocenters. The van der Waals surface area contributed by atoms with E-state index in [0.717, 1.165) is 28.8 Å². The minimum atomic E-state index is -3.64. The van der Waals surface area contributed by atoms with Crippen molar-refractivity contribution in [2.24, 2.45) is 11.7 Å². The number of benzene rings is 1. The normalized spacial score (nSPS) is 12.7. The van der Waals surface area contributed by atoms with Gasteiger partial charge in [0.15, 0.2) is 15.5 Å². The monoisotopic (exact) mass is 598 g/mol. The van der Waals surface area contributed by atoms with Crippen LogP contribution in [0.1, 0.15) is 24.8 Å². The smallest absolute Gasteiger partial charge is 0.226 e. The number of hydrogen-bond donors (Lipinski definition) is 4. The fourth-order valence-corrected chi connectivity index (χ4v) is 5.44. The molecule has 218 valence electrons. The predicted molar refractivity (Wildman–Crippen MR) is 163 cm³/mol. The summed E-state index contributed by atoms with van der Waals surface area (Å²) < 4.78 is 38.7. The number of amides is 1. The van der Waals surface area contributed by atoms with Crippen molar-refractivity contribution >= 4 is 43.5 Å². The van der Waals surface area contributed by atoms with Crippen molar-refractivity contribution in [2.45, 2.75) is 19.2 Å². The van der Waals surface area contributed by atoms with Crippen LogP contribution in [0.15, 0.2) is 67.3 Å². The van der Waals surface area contributed by atoms with Gasteiger partial charge in [0.2, 0.25) is 5.91 Å². The number of sulfone groups is 1. The highest BCUT2D eigenvalue weighted by Gasteiger charge is 2.21. The lowest BCUT2D eigenvalue weighted by molar-refractivity contribution is -0.118. The molecule has 1 unspecified atom stereocenters. The summed E-state index contributed by atoms with van der Waals surface area (Å²) in [5.41, 5.74) is 11.6. The second-order valence-electron chi connectivity index (χ2n) is 10.6. The Bertz CT molecular complexity index is 2140. The lowest BCUT2D eigenvalue weighted by atomic mass is 10.0. The summed E-state index contributed by atoms with van der Waals surface area (Å²) in [5, 5.41) is 10.3. The second kappa shape index (κ2) is 10.7. The summed E-state index contributed by atoms with van der Waals surface area (Å²) in [5.74, 6) is -0.883. The van der Waals surface area contributed by atoms with Crippen LogP contribution in [0.5, 0.6) is 0 Å². The van der Waals surface area contributed by atoms with Gasteiger partial charge >= 0.3 is 0 Å². The van der Waals surface area contributed by atoms with Crippen LogP contribution in [0.3, 0.4) is 0 Å². The molecule has 0 spiro atoms. The molecule has 11 nitrogen and oxygen atoms in total. The molecule has 0 saturated carbocycles. The zero-order valence-corrected chi connectivity index (χ0v) is 24.2. The zero-order chi connectivity index (χ0) is 30.5. The van der Waals surface area contributed by atoms with E-state index in [1.165, 1.54) is 6.07 Å². The minimum Gasteiger partial charge on any atom is -0.338 e. The number of nitrogens with two attached hydrogens (primary N) is 1. The Morgan fingerprint density at radius 3 is 2.53 bits per heavy atom. The van der Waals surface area contributed by atoms with Gasteiger partial charge in [-0.05, 0) is 59.2 Å². The number of aromatic nitrogens is 6. The quantitative estimate of drug-likeness (QED) is 0.199. The van der Waals surface area contributed by atoms with Crippen molar-refractivity contribution in [2.75, 3.05) is 11.6 Å². The number of pyridine rings is 3. The Hall–Kier alpha value is -5.01. The van der Waals surface area contributed by atoms with Gasteiger partial charge in [-0.1, -0.05) is 13.8 Å². The standard InChI is InChI=1S/C30H27FN8O3S/c1-15(2)30(40)36-21-9-18(12-33-14-21)19-10-24-26(38-39-29(24)35-13-19)25-11-23-22(4-5-34-28(23)37-25)16-6-17(8-20(31)7-16)27(32)43(3,41)42/h4-15,27H,32H2,1-3H3,(H,34,37)(H,36,40)(H,35,38,39). The van der Waals surface area contributed by atoms with Crippen LogP contribution < -0.4 is 11.1 Å². The minimum absolute atomic E-state index is 0.107. The first-order valence-corrected chi connectivity index (χ1v) is 15.3. The van der Waals surface area contributed by atoms with Crippen molar-refractivity contribution in [3.63, 3.8) is 0 Å². The van der Waals surface area contributed by atoms with E-state index < -0.39 is 21.0 Å². The number of aromatic amines is 2. The van der Waals surface area contributed by atoms with Gasteiger partial charge in [-0.25, -0.2) is 22.8 Å². The average Bonchev–Trinajstić information content (AvgIpc) is 3.59. The first-order valence-electron chi connectivity index (χ1n) is 13.3. The van der Waals surface area contributed by atoms with E-state index in [-0.39, 0.29) is 17.4 Å². The number of carbonyl (C=O) groups is 1. The molecular weight excluding hydrogens is 571 g/mol. The number of H-pyrrole nitrogens is 2. The average molecular weight is 599 g/mol. The summed E-state index contributed by atoms with van der Waals surface area (Å²) >= 11 is 0. The third-order valence-corrected chi connectivity index (χ3v) is 8.29. The van der Waals surface area contributed by atoms with Crippen LogP contribution in [0.2, 0.25) is 0 Å². The first-order chi connectivity index (χ1) is 20.5. The van der Waals surface area contributed by atoms with Gasteiger partial charge in [0, 0.05) is 52.7 Å². The molecule has 6 rings (SSSR count). The van der Waals surface area contributed by atoms with Gasteiger partial charge in [-0.15, -0.1) is 0 Å². The molecule has 1 aromatic carbocycles. The van der Waals surface area contributed by atoms with E-state index in [4.69, 9.17) is 5.73 Å². The van der Waals surface area contributed by atoms with Gasteiger partial charge in [0.25, 0.3) is 0 Å². The van der Waals surface area contributed by atoms with Crippen LogP contribution in [-0.4, -0.2) is 50.7 Å². The molecule has 0 radical (unpaired) electrons. The summed E-state index contributed by atoms with van der Waals surface area (Å²) in [6.07, 6.45) is 7.56. The Labute approximate surface area is 245 Å². The van der Waals surface area contributed by atoms with Crippen molar-refractivity contribution in [3.05, 3.63) is 78.6 Å². The molecule has 0 fully saturated rings. The fourth-order valence-electron chi connectivity index (χ4n) is 4.81. The van der Waals surface area contributed by atoms with Crippen LogP contribution in [0.25, 0.3) is 55.7 Å². The zero-order valence-electron chi connectivity index (χ0n) is 23.4. The summed E-state index contributed by atoms with van der Waals surface area (Å²) in [4.78, 5) is 28.7. The number of hydrogen-bond acceptors (Lipinski definition) is 8. The van der Waals surface area contributed by atoms with Gasteiger partial charge < -0.3 is 16.0 Å². The van der Waals surface area contributed by atoms with E-state index in [1.54, 1.807) is 36.9 Å². The molecule has 13 heteroatoms. The maximum Gasteiger partial charge on any atom is 0.226 e. The topological polar surface area (TPSA) is 172 Å². The van der Waals surface area contributed by atoms with Gasteiger partial charge in [-0.2, -0.15) is 5.10 Å². The van der Waals surface area contributed by atoms with Crippen molar-refractivity contribution in [1.82, 2.24) is 30.1 Å². The SMILES string of the molecule is CC(C)C(=O)Nc1cncc(-c2cnc3n[nH]c(-c4cc5c(-c6cc(F)cc(C(N)S(C)(=O)=O)c6)ccnc5[nH]4)c3c2)c1. The molecule has 0 aliphatic heterocycles. The molecular formula is C30H27FN8O3S. The first kappa shape index (κ1) is 28.1. The highest BCUT2D eigenvalue weighted by atomic mass is 32.2. The molecule has 0 bridgehead atoms. The van der Waals surface area contributed by atoms with E-state index >= 15 is 0 Å². The van der Waals surface area contributed by atoms with E-state index in [2.05, 4.69) is 35.5 Å². The molecule has 5 aromatic heterocycles. The molecule has 43 heavy (non-hydrogen) atoms. The number of carbonyl (C=O) groups excluding carboxylic acids is 1. The lowest BCUT2D eigenvalue weighted by Gasteiger charge is -2.12. The Morgan fingerprint density at radius 1 is 0.977 bits per heavy atom. The largest absolute Gasteiger partial charge is 0.338 e. The van der Waals surface area contributed by atoms with Crippen LogP contribution in [0.4, 0.5) is 10.1 Å². The summed E-state index contributed by atoms with van der Waals surface area (Å²) in [6, 6.07) is 11.4. The Morgan fingerprint density at radius 2 is 1.77 bits per heavy atom. The summed E-state index contributed by atoms with van der Waals surface area (Å²) in [6.45, 7) is 3.63. The summed E-state index contributed by atoms with van der Waals surface area (Å²) in [7, 11) is -3.64. The van der Waals surface area contributed by atoms with E-state index in [9.17, 15) is 17.6 Å². The van der Waals surface area contributed by atoms with Crippen molar-refractivity contribution in [3.8, 4) is 33.6 Å². The number of fused-ring (bicyclic) bond motifs is 2. The number of anilines is 1. The number of rotatable bonds is 7. The highest BCUT2D eigenvalue weighted by molar-refractivity contribution is 7.90. The molecule has 0 saturated heterocycles. The Balaban J connectivity index is 1.41. The van der Waals surface area contributed by atoms with Crippen LogP contribution >= 0.6 is 0 Å². The molecule has 5 N–H and O–H groups in total. The second-order valence-corrected chi connectivity index (χ2v) is 12.8. The molecule has 0 aliphatic carbocycles. The maximum atomic E-state index is 14.6. The van der Waals surface area contributed by atoms with Gasteiger partial charge in [0.05, 0.1) is 23.3 Å². The van der Waals surface area contributed by atoms with Crippen molar-refractivity contribution < 1.29 is 17.6 Å². The molecule has 0 aliphatic rings. The van der Waals surface area contributed by atoms with Gasteiger partial charge in [-0.3, -0.25) is 14.9 Å². The third-order valence-electron chi connectivity index (χ3n) is 7.10. The highest BCUT2D eigenvalue weighted by Crippen LogP contribution is 2.35. The number of nitrogens with zero attached hydrogens (tertiary/aromatic N) is 4. The predicted octanol–water partition coefficient (Wildman–Crippen LogP) is 4.97. The Kier molecular flexibility index (Phi) is 6.98. The lowest BCUT2D eigenvalue weighted by Crippen LogP contribution is -2.20. The van der Waals surface area contributed by atoms with Crippen molar-refractivity contribution in [1.29, 1.82) is 0 Å². The fraction of sp³-hybridized carbons (Fsp3) is 0.167. The number of nitrogens with one attached hydrogen (secondary N) is 3. The maximum absolute atomic E-state index is 14.6. The molecule has 1 amide bonds. The third kappa shape index (κ3) is 5.47. The van der Waals surface area contributed by atoms with E-state index in [1.807, 2.05) is 32.0 Å².